The van der Waals surface area contributed by atoms with Crippen LogP contribution in [0.15, 0.2) is 23.4 Å². The summed E-state index contributed by atoms with van der Waals surface area (Å²) in [6.07, 6.45) is 2.92. The summed E-state index contributed by atoms with van der Waals surface area (Å²) >= 11 is 0. The van der Waals surface area contributed by atoms with E-state index in [1.54, 1.807) is 33.3 Å². The van der Waals surface area contributed by atoms with E-state index in [0.29, 0.717) is 18.8 Å². The minimum absolute atomic E-state index is 0.183. The summed E-state index contributed by atoms with van der Waals surface area (Å²) in [6, 6.07) is 1.41. The van der Waals surface area contributed by atoms with Gasteiger partial charge in [0.1, 0.15) is 4.90 Å². The largest absolute Gasteiger partial charge is 0.387 e. The van der Waals surface area contributed by atoms with Crippen LogP contribution in [0.25, 0.3) is 0 Å². The Hall–Kier alpha value is -1.18. The number of sulfonamides is 1. The maximum Gasteiger partial charge on any atom is 0.246 e. The molecule has 19 heavy (non-hydrogen) atoms. The van der Waals surface area contributed by atoms with Crippen molar-refractivity contribution >= 4 is 15.7 Å². The summed E-state index contributed by atoms with van der Waals surface area (Å²) in [5.41, 5.74) is 0.540. The van der Waals surface area contributed by atoms with Crippen molar-refractivity contribution in [3.63, 3.8) is 0 Å². The van der Waals surface area contributed by atoms with Crippen LogP contribution in [0.2, 0.25) is 0 Å². The lowest BCUT2D eigenvalue weighted by Crippen LogP contribution is -2.41. The highest BCUT2D eigenvalue weighted by molar-refractivity contribution is 7.89. The third-order valence-corrected chi connectivity index (χ3v) is 4.97. The van der Waals surface area contributed by atoms with Crippen LogP contribution in [0, 0.1) is 0 Å². The van der Waals surface area contributed by atoms with Crippen LogP contribution in [0.3, 0.4) is 0 Å². The minimum Gasteiger partial charge on any atom is -0.387 e. The highest BCUT2D eigenvalue weighted by Crippen LogP contribution is 2.24. The van der Waals surface area contributed by atoms with Crippen LogP contribution < -0.4 is 5.32 Å². The van der Waals surface area contributed by atoms with Gasteiger partial charge in [-0.15, -0.1) is 0 Å². The van der Waals surface area contributed by atoms with E-state index in [1.807, 2.05) is 6.92 Å². The van der Waals surface area contributed by atoms with Gasteiger partial charge in [0, 0.05) is 39.1 Å². The first kappa shape index (κ1) is 15.9. The third-order valence-electron chi connectivity index (χ3n) is 2.85. The number of likely N-dealkylation sites (N-methyl/N-ethyl adjacent to an activating group) is 1. The van der Waals surface area contributed by atoms with Crippen LogP contribution in [0.4, 0.5) is 5.69 Å². The van der Waals surface area contributed by atoms with Crippen LogP contribution >= 0.6 is 0 Å². The standard InChI is InChI=1S/C12H21N3O3S/c1-5-15(10(2)9-18-4)19(16,17)12-8-14-7-6-11(12)13-3/h6-8,10H,5,9H2,1-4H3,(H,13,14). The molecule has 0 aliphatic rings. The zero-order valence-electron chi connectivity index (χ0n) is 11.8. The van der Waals surface area contributed by atoms with Crippen LogP contribution in [0.1, 0.15) is 13.8 Å². The van der Waals surface area contributed by atoms with Crippen molar-refractivity contribution in [3.8, 4) is 0 Å². The fraction of sp³-hybridized carbons (Fsp3) is 0.583. The molecule has 0 aromatic carbocycles. The Morgan fingerprint density at radius 1 is 1.53 bits per heavy atom. The van der Waals surface area contributed by atoms with Crippen LogP contribution in [-0.4, -0.2) is 51.1 Å². The van der Waals surface area contributed by atoms with E-state index < -0.39 is 10.0 Å². The quantitative estimate of drug-likeness (QED) is 0.815. The summed E-state index contributed by atoms with van der Waals surface area (Å²) in [7, 11) is -0.348. The van der Waals surface area contributed by atoms with Crippen molar-refractivity contribution in [1.82, 2.24) is 9.29 Å². The molecule has 1 heterocycles. The summed E-state index contributed by atoms with van der Waals surface area (Å²) in [5.74, 6) is 0. The zero-order valence-corrected chi connectivity index (χ0v) is 12.6. The van der Waals surface area contributed by atoms with Crippen molar-refractivity contribution in [2.75, 3.05) is 32.6 Å². The molecule has 1 atom stereocenters. The molecule has 7 heteroatoms. The zero-order chi connectivity index (χ0) is 14.5. The lowest BCUT2D eigenvalue weighted by Gasteiger charge is -2.27. The molecule has 0 saturated carbocycles. The molecule has 1 aromatic rings. The SMILES string of the molecule is CCN(C(C)COC)S(=O)(=O)c1cnccc1NC. The number of methoxy groups -OCH3 is 1. The Morgan fingerprint density at radius 2 is 2.21 bits per heavy atom. The van der Waals surface area contributed by atoms with Gasteiger partial charge in [0.05, 0.1) is 12.3 Å². The first-order chi connectivity index (χ1) is 8.98. The maximum absolute atomic E-state index is 12.6. The fourth-order valence-corrected chi connectivity index (χ4v) is 3.73. The van der Waals surface area contributed by atoms with Crippen molar-refractivity contribution in [3.05, 3.63) is 18.5 Å². The summed E-state index contributed by atoms with van der Waals surface area (Å²) in [5, 5.41) is 2.87. The Balaban J connectivity index is 3.20. The third kappa shape index (κ3) is 3.43. The summed E-state index contributed by atoms with van der Waals surface area (Å²) < 4.78 is 31.7. The summed E-state index contributed by atoms with van der Waals surface area (Å²) in [4.78, 5) is 4.09. The molecule has 1 N–H and O–H groups in total. The first-order valence-electron chi connectivity index (χ1n) is 6.11. The van der Waals surface area contributed by atoms with Gasteiger partial charge in [-0.2, -0.15) is 4.31 Å². The van der Waals surface area contributed by atoms with E-state index in [0.717, 1.165) is 0 Å². The molecule has 1 unspecified atom stereocenters. The van der Waals surface area contributed by atoms with E-state index in [2.05, 4.69) is 10.3 Å². The number of ether oxygens (including phenoxy) is 1. The molecule has 0 amide bonds. The highest BCUT2D eigenvalue weighted by atomic mass is 32.2. The molecule has 0 spiro atoms. The van der Waals surface area contributed by atoms with E-state index in [1.165, 1.54) is 10.5 Å². The smallest absolute Gasteiger partial charge is 0.246 e. The average molecular weight is 287 g/mol. The molecule has 1 aromatic heterocycles. The van der Waals surface area contributed by atoms with Gasteiger partial charge in [-0.05, 0) is 13.0 Å². The van der Waals surface area contributed by atoms with E-state index in [4.69, 9.17) is 4.74 Å². The number of aromatic nitrogens is 1. The average Bonchev–Trinajstić information content (AvgIpc) is 2.39. The minimum atomic E-state index is -3.59. The molecule has 1 rings (SSSR count). The predicted molar refractivity (Wildman–Crippen MR) is 74.7 cm³/mol. The second kappa shape index (κ2) is 6.83. The topological polar surface area (TPSA) is 71.5 Å². The molecule has 0 saturated heterocycles. The Morgan fingerprint density at radius 3 is 2.74 bits per heavy atom. The van der Waals surface area contributed by atoms with Crippen molar-refractivity contribution < 1.29 is 13.2 Å². The molecule has 0 aliphatic carbocycles. The maximum atomic E-state index is 12.6. The van der Waals surface area contributed by atoms with Gasteiger partial charge < -0.3 is 10.1 Å². The molecule has 0 bridgehead atoms. The number of anilines is 1. The molecular weight excluding hydrogens is 266 g/mol. The van der Waals surface area contributed by atoms with Crippen molar-refractivity contribution in [2.45, 2.75) is 24.8 Å². The molecule has 0 aliphatic heterocycles. The number of pyridine rings is 1. The normalized spacial score (nSPS) is 13.5. The van der Waals surface area contributed by atoms with Gasteiger partial charge >= 0.3 is 0 Å². The molecule has 0 fully saturated rings. The van der Waals surface area contributed by atoms with Gasteiger partial charge in [0.2, 0.25) is 10.0 Å². The van der Waals surface area contributed by atoms with Gasteiger partial charge in [-0.3, -0.25) is 4.98 Å². The molecule has 6 nitrogen and oxygen atoms in total. The second-order valence-corrected chi connectivity index (χ2v) is 5.99. The molecule has 0 radical (unpaired) electrons. The predicted octanol–water partition coefficient (Wildman–Crippen LogP) is 1.17. The number of hydrogen-bond donors (Lipinski definition) is 1. The van der Waals surface area contributed by atoms with Gasteiger partial charge in [-0.1, -0.05) is 6.92 Å². The number of rotatable bonds is 7. The Labute approximate surface area is 114 Å². The fourth-order valence-electron chi connectivity index (χ4n) is 1.96. The first-order valence-corrected chi connectivity index (χ1v) is 7.55. The van der Waals surface area contributed by atoms with E-state index in [9.17, 15) is 8.42 Å². The number of hydrogen-bond acceptors (Lipinski definition) is 5. The van der Waals surface area contributed by atoms with E-state index >= 15 is 0 Å². The Kier molecular flexibility index (Phi) is 5.71. The van der Waals surface area contributed by atoms with Crippen molar-refractivity contribution in [1.29, 1.82) is 0 Å². The van der Waals surface area contributed by atoms with Crippen molar-refractivity contribution in [2.24, 2.45) is 0 Å². The van der Waals surface area contributed by atoms with Crippen LogP contribution in [-0.2, 0) is 14.8 Å². The van der Waals surface area contributed by atoms with Crippen LogP contribution in [0.5, 0.6) is 0 Å². The Bertz CT molecular complexity index is 505. The summed E-state index contributed by atoms with van der Waals surface area (Å²) in [6.45, 7) is 4.35. The van der Waals surface area contributed by atoms with Gasteiger partial charge in [0.15, 0.2) is 0 Å². The molecule has 108 valence electrons. The second-order valence-electron chi connectivity index (χ2n) is 4.13. The van der Waals surface area contributed by atoms with Gasteiger partial charge in [0.25, 0.3) is 0 Å². The lowest BCUT2D eigenvalue weighted by molar-refractivity contribution is 0.142. The lowest BCUT2D eigenvalue weighted by atomic mass is 10.4. The number of nitrogens with zero attached hydrogens (tertiary/aromatic N) is 2. The molecular formula is C12H21N3O3S. The highest BCUT2D eigenvalue weighted by Gasteiger charge is 2.29. The van der Waals surface area contributed by atoms with Gasteiger partial charge in [-0.25, -0.2) is 8.42 Å². The monoisotopic (exact) mass is 287 g/mol. The van der Waals surface area contributed by atoms with E-state index in [-0.39, 0.29) is 10.9 Å². The number of nitrogens with one attached hydrogen (secondary N) is 1.